The molecule has 0 bridgehead atoms. The molecule has 1 N–H and O–H groups in total. The maximum atomic E-state index is 12.3. The SMILES string of the molecule is C=CCN1C(=O)CC[C@@]12CCCN(C(=O)N[C@H](C)CC)CC2. The summed E-state index contributed by atoms with van der Waals surface area (Å²) in [6.45, 7) is 10.00. The van der Waals surface area contributed by atoms with Crippen LogP contribution in [-0.4, -0.2) is 53.0 Å². The molecule has 22 heavy (non-hydrogen) atoms. The average Bonchev–Trinajstić information content (AvgIpc) is 2.69. The monoisotopic (exact) mass is 307 g/mol. The third kappa shape index (κ3) is 3.45. The zero-order valence-corrected chi connectivity index (χ0v) is 13.9. The van der Waals surface area contributed by atoms with Gasteiger partial charge in [0.2, 0.25) is 5.91 Å². The summed E-state index contributed by atoms with van der Waals surface area (Å²) in [5.41, 5.74) is -0.0589. The van der Waals surface area contributed by atoms with Gasteiger partial charge in [-0.15, -0.1) is 6.58 Å². The van der Waals surface area contributed by atoms with E-state index >= 15 is 0 Å². The van der Waals surface area contributed by atoms with Crippen molar-refractivity contribution in [3.8, 4) is 0 Å². The molecule has 0 aromatic carbocycles. The van der Waals surface area contributed by atoms with E-state index in [1.165, 1.54) is 0 Å². The van der Waals surface area contributed by atoms with Crippen molar-refractivity contribution < 1.29 is 9.59 Å². The van der Waals surface area contributed by atoms with Crippen molar-refractivity contribution in [2.24, 2.45) is 0 Å². The Morgan fingerprint density at radius 1 is 1.41 bits per heavy atom. The topological polar surface area (TPSA) is 52.7 Å². The molecule has 5 nitrogen and oxygen atoms in total. The standard InChI is InChI=1S/C17H29N3O2/c1-4-11-20-15(21)7-9-17(20)8-6-12-19(13-10-17)16(22)18-14(3)5-2/h4,14H,1,5-13H2,2-3H3,(H,18,22)/t14-,17-/m1/s1. The lowest BCUT2D eigenvalue weighted by molar-refractivity contribution is -0.130. The van der Waals surface area contributed by atoms with Crippen molar-refractivity contribution in [3.05, 3.63) is 12.7 Å². The van der Waals surface area contributed by atoms with E-state index in [9.17, 15) is 9.59 Å². The second kappa shape index (κ2) is 7.16. The van der Waals surface area contributed by atoms with Gasteiger partial charge in [0, 0.05) is 37.6 Å². The number of hydrogen-bond donors (Lipinski definition) is 1. The van der Waals surface area contributed by atoms with Crippen LogP contribution in [0.15, 0.2) is 12.7 Å². The summed E-state index contributed by atoms with van der Waals surface area (Å²) >= 11 is 0. The van der Waals surface area contributed by atoms with Gasteiger partial charge in [-0.3, -0.25) is 4.79 Å². The number of nitrogens with one attached hydrogen (secondary N) is 1. The predicted molar refractivity (Wildman–Crippen MR) is 87.6 cm³/mol. The number of likely N-dealkylation sites (tertiary alicyclic amines) is 2. The highest BCUT2D eigenvalue weighted by molar-refractivity contribution is 5.80. The van der Waals surface area contributed by atoms with Crippen LogP contribution in [-0.2, 0) is 4.79 Å². The van der Waals surface area contributed by atoms with Gasteiger partial charge in [-0.25, -0.2) is 4.79 Å². The molecule has 124 valence electrons. The Kier molecular flexibility index (Phi) is 5.48. The molecule has 5 heteroatoms. The number of rotatable bonds is 4. The van der Waals surface area contributed by atoms with Gasteiger partial charge in [-0.1, -0.05) is 13.0 Å². The molecule has 2 atom stereocenters. The third-order valence-electron chi connectivity index (χ3n) is 5.18. The highest BCUT2D eigenvalue weighted by Crippen LogP contribution is 2.38. The van der Waals surface area contributed by atoms with E-state index in [1.807, 2.05) is 22.8 Å². The van der Waals surface area contributed by atoms with Crippen LogP contribution in [0, 0.1) is 0 Å². The molecule has 2 saturated heterocycles. The summed E-state index contributed by atoms with van der Waals surface area (Å²) in [6, 6.07) is 0.237. The maximum absolute atomic E-state index is 12.3. The van der Waals surface area contributed by atoms with Crippen LogP contribution in [0.5, 0.6) is 0 Å². The first-order chi connectivity index (χ1) is 10.5. The number of nitrogens with zero attached hydrogens (tertiary/aromatic N) is 2. The van der Waals surface area contributed by atoms with E-state index in [0.29, 0.717) is 13.0 Å². The Balaban J connectivity index is 2.01. The molecule has 2 aliphatic heterocycles. The van der Waals surface area contributed by atoms with Gasteiger partial charge >= 0.3 is 6.03 Å². The molecular weight excluding hydrogens is 278 g/mol. The first-order valence-corrected chi connectivity index (χ1v) is 8.49. The van der Waals surface area contributed by atoms with E-state index in [0.717, 1.165) is 45.2 Å². The lowest BCUT2D eigenvalue weighted by Crippen LogP contribution is -2.47. The Bertz CT molecular complexity index is 438. The van der Waals surface area contributed by atoms with Crippen molar-refractivity contribution in [3.63, 3.8) is 0 Å². The Labute approximate surface area is 133 Å². The van der Waals surface area contributed by atoms with Gasteiger partial charge in [0.05, 0.1) is 0 Å². The van der Waals surface area contributed by atoms with Crippen LogP contribution in [0.4, 0.5) is 4.79 Å². The largest absolute Gasteiger partial charge is 0.336 e. The number of hydrogen-bond acceptors (Lipinski definition) is 2. The summed E-state index contributed by atoms with van der Waals surface area (Å²) in [5, 5.41) is 3.04. The van der Waals surface area contributed by atoms with Crippen LogP contribution in [0.3, 0.4) is 0 Å². The predicted octanol–water partition coefficient (Wildman–Crippen LogP) is 2.53. The number of urea groups is 1. The molecule has 1 spiro atoms. The van der Waals surface area contributed by atoms with Gasteiger partial charge in [0.15, 0.2) is 0 Å². The maximum Gasteiger partial charge on any atom is 0.317 e. The summed E-state index contributed by atoms with van der Waals surface area (Å²) in [4.78, 5) is 28.4. The number of amides is 3. The van der Waals surface area contributed by atoms with Gasteiger partial charge < -0.3 is 15.1 Å². The van der Waals surface area contributed by atoms with Crippen LogP contribution < -0.4 is 5.32 Å². The quantitative estimate of drug-likeness (QED) is 0.811. The molecule has 2 rings (SSSR count). The smallest absolute Gasteiger partial charge is 0.317 e. The Hall–Kier alpha value is -1.52. The molecule has 0 aromatic rings. The molecule has 0 radical (unpaired) electrons. The fraction of sp³-hybridized carbons (Fsp3) is 0.765. The van der Waals surface area contributed by atoms with Gasteiger partial charge in [-0.2, -0.15) is 0 Å². The minimum absolute atomic E-state index is 0.0333. The van der Waals surface area contributed by atoms with Crippen LogP contribution >= 0.6 is 0 Å². The summed E-state index contributed by atoms with van der Waals surface area (Å²) in [7, 11) is 0. The van der Waals surface area contributed by atoms with E-state index in [4.69, 9.17) is 0 Å². The van der Waals surface area contributed by atoms with Crippen molar-refractivity contribution in [1.82, 2.24) is 15.1 Å². The van der Waals surface area contributed by atoms with Gasteiger partial charge in [0.25, 0.3) is 0 Å². The van der Waals surface area contributed by atoms with Crippen LogP contribution in [0.25, 0.3) is 0 Å². The zero-order chi connectivity index (χ0) is 16.2. The van der Waals surface area contributed by atoms with Crippen molar-refractivity contribution in [2.75, 3.05) is 19.6 Å². The fourth-order valence-electron chi connectivity index (χ4n) is 3.60. The van der Waals surface area contributed by atoms with Gasteiger partial charge in [0.1, 0.15) is 0 Å². The van der Waals surface area contributed by atoms with E-state index in [2.05, 4.69) is 18.8 Å². The van der Waals surface area contributed by atoms with Crippen molar-refractivity contribution >= 4 is 11.9 Å². The minimum atomic E-state index is -0.0589. The summed E-state index contributed by atoms with van der Waals surface area (Å²) < 4.78 is 0. The Morgan fingerprint density at radius 3 is 2.86 bits per heavy atom. The lowest BCUT2D eigenvalue weighted by Gasteiger charge is -2.37. The summed E-state index contributed by atoms with van der Waals surface area (Å²) in [5.74, 6) is 0.234. The molecule has 2 heterocycles. The van der Waals surface area contributed by atoms with Crippen LogP contribution in [0.1, 0.15) is 52.4 Å². The molecule has 2 fully saturated rings. The Morgan fingerprint density at radius 2 is 2.18 bits per heavy atom. The molecule has 3 amide bonds. The molecular formula is C17H29N3O2. The fourth-order valence-corrected chi connectivity index (χ4v) is 3.60. The molecule has 2 aliphatic rings. The number of carbonyl (C=O) groups is 2. The van der Waals surface area contributed by atoms with E-state index < -0.39 is 0 Å². The van der Waals surface area contributed by atoms with Crippen LogP contribution in [0.2, 0.25) is 0 Å². The summed E-state index contributed by atoms with van der Waals surface area (Å²) in [6.07, 6.45) is 7.11. The minimum Gasteiger partial charge on any atom is -0.336 e. The first-order valence-electron chi connectivity index (χ1n) is 8.49. The van der Waals surface area contributed by atoms with E-state index in [-0.39, 0.29) is 23.5 Å². The number of carbonyl (C=O) groups excluding carboxylic acids is 2. The molecule has 0 aliphatic carbocycles. The lowest BCUT2D eigenvalue weighted by atomic mass is 9.88. The van der Waals surface area contributed by atoms with E-state index in [1.54, 1.807) is 0 Å². The highest BCUT2D eigenvalue weighted by atomic mass is 16.2. The van der Waals surface area contributed by atoms with Crippen molar-refractivity contribution in [2.45, 2.75) is 64.0 Å². The average molecular weight is 307 g/mol. The highest BCUT2D eigenvalue weighted by Gasteiger charge is 2.45. The van der Waals surface area contributed by atoms with Crippen molar-refractivity contribution in [1.29, 1.82) is 0 Å². The van der Waals surface area contributed by atoms with Gasteiger partial charge in [-0.05, 0) is 39.0 Å². The molecule has 0 saturated carbocycles. The first kappa shape index (κ1) is 16.8. The second-order valence-corrected chi connectivity index (χ2v) is 6.62. The normalized spacial score (nSPS) is 26.9. The molecule has 0 aromatic heterocycles. The third-order valence-corrected chi connectivity index (χ3v) is 5.18. The zero-order valence-electron chi connectivity index (χ0n) is 13.9. The second-order valence-electron chi connectivity index (χ2n) is 6.62. The molecule has 0 unspecified atom stereocenters.